The van der Waals surface area contributed by atoms with E-state index >= 15 is 0 Å². The lowest BCUT2D eigenvalue weighted by Crippen LogP contribution is -2.00. The number of ether oxygens (including phenoxy) is 2. The fourth-order valence-electron chi connectivity index (χ4n) is 1.04. The Morgan fingerprint density at radius 2 is 2.06 bits per heavy atom. The molecule has 0 amide bonds. The molecular weight excluding hydrogens is 212 g/mol. The fourth-order valence-corrected chi connectivity index (χ4v) is 1.04. The van der Waals surface area contributed by atoms with Crippen molar-refractivity contribution in [3.8, 4) is 17.8 Å². The molecule has 0 fully saturated rings. The second kappa shape index (κ2) is 4.01. The van der Waals surface area contributed by atoms with Crippen LogP contribution in [0.1, 0.15) is 0 Å². The Bertz CT molecular complexity index is 497. The molecular formula is C8H10N6O2. The lowest BCUT2D eigenvalue weighted by atomic mass is 10.6. The minimum atomic E-state index is 0.0604. The van der Waals surface area contributed by atoms with Crippen molar-refractivity contribution in [2.24, 2.45) is 7.05 Å². The maximum absolute atomic E-state index is 5.47. The average molecular weight is 222 g/mol. The Hall–Kier alpha value is -2.38. The van der Waals surface area contributed by atoms with Gasteiger partial charge in [-0.2, -0.15) is 15.0 Å². The van der Waals surface area contributed by atoms with Crippen LogP contribution in [0.3, 0.4) is 0 Å². The molecule has 0 bridgehead atoms. The molecule has 0 aliphatic heterocycles. The van der Waals surface area contributed by atoms with Crippen LogP contribution in [-0.4, -0.2) is 31.8 Å². The van der Waals surface area contributed by atoms with Gasteiger partial charge in [-0.1, -0.05) is 0 Å². The molecule has 0 aliphatic rings. The van der Waals surface area contributed by atoms with Crippen molar-refractivity contribution >= 4 is 5.95 Å². The predicted molar refractivity (Wildman–Crippen MR) is 54.1 cm³/mol. The summed E-state index contributed by atoms with van der Waals surface area (Å²) in [5.41, 5.74) is 5.47. The SMILES string of the molecule is COc1cc(Oc2ncn(C)n2)nc(N)n1. The van der Waals surface area contributed by atoms with Crippen LogP contribution < -0.4 is 15.2 Å². The van der Waals surface area contributed by atoms with Gasteiger partial charge < -0.3 is 15.2 Å². The van der Waals surface area contributed by atoms with Crippen molar-refractivity contribution in [2.75, 3.05) is 12.8 Å². The van der Waals surface area contributed by atoms with Gasteiger partial charge in [0.15, 0.2) is 0 Å². The third-order valence-corrected chi connectivity index (χ3v) is 1.68. The van der Waals surface area contributed by atoms with Crippen molar-refractivity contribution in [3.05, 3.63) is 12.4 Å². The van der Waals surface area contributed by atoms with Crippen molar-refractivity contribution in [1.82, 2.24) is 24.7 Å². The van der Waals surface area contributed by atoms with E-state index in [1.54, 1.807) is 7.05 Å². The number of rotatable bonds is 3. The van der Waals surface area contributed by atoms with Crippen molar-refractivity contribution in [3.63, 3.8) is 0 Å². The molecule has 8 nitrogen and oxygen atoms in total. The Labute approximate surface area is 91.1 Å². The van der Waals surface area contributed by atoms with Crippen LogP contribution in [0.15, 0.2) is 12.4 Å². The summed E-state index contributed by atoms with van der Waals surface area (Å²) in [5, 5.41) is 3.93. The van der Waals surface area contributed by atoms with Gasteiger partial charge in [-0.05, 0) is 0 Å². The summed E-state index contributed by atoms with van der Waals surface area (Å²) >= 11 is 0. The van der Waals surface area contributed by atoms with E-state index in [2.05, 4.69) is 20.1 Å². The molecule has 0 saturated carbocycles. The summed E-state index contributed by atoms with van der Waals surface area (Å²) in [5.74, 6) is 0.610. The number of methoxy groups -OCH3 is 1. The van der Waals surface area contributed by atoms with Crippen molar-refractivity contribution in [2.45, 2.75) is 0 Å². The molecule has 0 saturated heterocycles. The topological polar surface area (TPSA) is 101 Å². The summed E-state index contributed by atoms with van der Waals surface area (Å²) in [6.07, 6.45) is 1.51. The van der Waals surface area contributed by atoms with Gasteiger partial charge in [0.05, 0.1) is 13.2 Å². The van der Waals surface area contributed by atoms with Gasteiger partial charge in [-0.15, -0.1) is 5.10 Å². The molecule has 2 aromatic rings. The average Bonchev–Trinajstić information content (AvgIpc) is 2.63. The van der Waals surface area contributed by atoms with Crippen LogP contribution in [0.25, 0.3) is 0 Å². The zero-order valence-electron chi connectivity index (χ0n) is 8.78. The molecule has 8 heteroatoms. The first-order valence-electron chi connectivity index (χ1n) is 4.39. The van der Waals surface area contributed by atoms with E-state index in [0.717, 1.165) is 0 Å². The Morgan fingerprint density at radius 3 is 2.69 bits per heavy atom. The van der Waals surface area contributed by atoms with E-state index in [4.69, 9.17) is 15.2 Å². The predicted octanol–water partition coefficient (Wildman–Crippen LogP) is -0.0118. The molecule has 2 rings (SSSR count). The molecule has 2 heterocycles. The molecule has 2 N–H and O–H groups in total. The first-order valence-corrected chi connectivity index (χ1v) is 4.39. The third kappa shape index (κ3) is 2.16. The van der Waals surface area contributed by atoms with Crippen molar-refractivity contribution in [1.29, 1.82) is 0 Å². The first-order chi connectivity index (χ1) is 7.67. The van der Waals surface area contributed by atoms with Gasteiger partial charge in [0.25, 0.3) is 0 Å². The van der Waals surface area contributed by atoms with Gasteiger partial charge >= 0.3 is 6.01 Å². The number of nitrogens with zero attached hydrogens (tertiary/aromatic N) is 5. The molecule has 0 unspecified atom stereocenters. The molecule has 0 aliphatic carbocycles. The highest BCUT2D eigenvalue weighted by Gasteiger charge is 2.07. The molecule has 16 heavy (non-hydrogen) atoms. The van der Waals surface area contributed by atoms with Gasteiger partial charge in [0.2, 0.25) is 17.7 Å². The van der Waals surface area contributed by atoms with E-state index in [9.17, 15) is 0 Å². The molecule has 0 spiro atoms. The molecule has 0 atom stereocenters. The van der Waals surface area contributed by atoms with Crippen LogP contribution >= 0.6 is 0 Å². The summed E-state index contributed by atoms with van der Waals surface area (Å²) in [6, 6.07) is 1.68. The Morgan fingerprint density at radius 1 is 1.31 bits per heavy atom. The standard InChI is InChI=1S/C8H10N6O2/c1-14-4-10-8(13-14)16-6-3-5(15-2)11-7(9)12-6/h3-4H,1-2H3,(H2,9,11,12). The maximum Gasteiger partial charge on any atom is 0.342 e. The zero-order chi connectivity index (χ0) is 11.5. The highest BCUT2D eigenvalue weighted by molar-refractivity contribution is 5.30. The summed E-state index contributed by atoms with van der Waals surface area (Å²) < 4.78 is 11.7. The Balaban J connectivity index is 2.24. The number of hydrogen-bond donors (Lipinski definition) is 1. The number of nitrogens with two attached hydrogens (primary N) is 1. The van der Waals surface area contributed by atoms with Gasteiger partial charge in [-0.3, -0.25) is 4.68 Å². The normalized spacial score (nSPS) is 10.1. The van der Waals surface area contributed by atoms with E-state index in [1.165, 1.54) is 24.2 Å². The number of hydrogen-bond acceptors (Lipinski definition) is 7. The third-order valence-electron chi connectivity index (χ3n) is 1.68. The van der Waals surface area contributed by atoms with E-state index in [1.807, 2.05) is 0 Å². The minimum Gasteiger partial charge on any atom is -0.481 e. The maximum atomic E-state index is 5.47. The smallest absolute Gasteiger partial charge is 0.342 e. The summed E-state index contributed by atoms with van der Waals surface area (Å²) in [7, 11) is 3.21. The van der Waals surface area contributed by atoms with Gasteiger partial charge in [-0.25, -0.2) is 0 Å². The Kier molecular flexibility index (Phi) is 2.54. The monoisotopic (exact) mass is 222 g/mol. The fraction of sp³-hybridized carbons (Fsp3) is 0.250. The molecule has 0 radical (unpaired) electrons. The van der Waals surface area contributed by atoms with Crippen LogP contribution in [0.5, 0.6) is 17.8 Å². The number of aromatic nitrogens is 5. The summed E-state index contributed by atoms with van der Waals surface area (Å²) in [4.78, 5) is 11.6. The lowest BCUT2D eigenvalue weighted by Gasteiger charge is -2.03. The number of anilines is 1. The number of aryl methyl sites for hydroxylation is 1. The second-order valence-electron chi connectivity index (χ2n) is 2.91. The molecule has 2 aromatic heterocycles. The van der Waals surface area contributed by atoms with Crippen LogP contribution in [0, 0.1) is 0 Å². The second-order valence-corrected chi connectivity index (χ2v) is 2.91. The molecule has 0 aromatic carbocycles. The van der Waals surface area contributed by atoms with Gasteiger partial charge in [0.1, 0.15) is 6.33 Å². The minimum absolute atomic E-state index is 0.0604. The quantitative estimate of drug-likeness (QED) is 0.779. The first kappa shape index (κ1) is 10.1. The van der Waals surface area contributed by atoms with E-state index in [-0.39, 0.29) is 17.8 Å². The zero-order valence-corrected chi connectivity index (χ0v) is 8.78. The highest BCUT2D eigenvalue weighted by Crippen LogP contribution is 2.19. The number of nitrogen functional groups attached to an aromatic ring is 1. The largest absolute Gasteiger partial charge is 0.481 e. The van der Waals surface area contributed by atoms with Crippen LogP contribution in [0.2, 0.25) is 0 Å². The highest BCUT2D eigenvalue weighted by atomic mass is 16.5. The van der Waals surface area contributed by atoms with Gasteiger partial charge in [0, 0.05) is 7.05 Å². The lowest BCUT2D eigenvalue weighted by molar-refractivity contribution is 0.383. The van der Waals surface area contributed by atoms with Crippen LogP contribution in [0.4, 0.5) is 5.95 Å². The molecule has 84 valence electrons. The van der Waals surface area contributed by atoms with E-state index in [0.29, 0.717) is 5.88 Å². The van der Waals surface area contributed by atoms with E-state index < -0.39 is 0 Å². The summed E-state index contributed by atoms with van der Waals surface area (Å²) in [6.45, 7) is 0. The van der Waals surface area contributed by atoms with Crippen molar-refractivity contribution < 1.29 is 9.47 Å². The van der Waals surface area contributed by atoms with Crippen LogP contribution in [-0.2, 0) is 7.05 Å².